The molecule has 3 rings (SSSR count). The summed E-state index contributed by atoms with van der Waals surface area (Å²) < 4.78 is 0. The van der Waals surface area contributed by atoms with Crippen molar-refractivity contribution >= 4 is 11.7 Å². The predicted octanol–water partition coefficient (Wildman–Crippen LogP) is 3.26. The molecule has 0 spiro atoms. The first kappa shape index (κ1) is 18.2. The van der Waals surface area contributed by atoms with Crippen LogP contribution in [-0.4, -0.2) is 39.7 Å². The fraction of sp³-hybridized carbons (Fsp3) is 0.789. The molecule has 0 bridgehead atoms. The summed E-state index contributed by atoms with van der Waals surface area (Å²) in [5.41, 5.74) is 0.886. The molecular formula is C19H29NO5. The van der Waals surface area contributed by atoms with Gasteiger partial charge in [0.25, 0.3) is 0 Å². The third kappa shape index (κ3) is 4.35. The molecule has 6 heteroatoms. The van der Waals surface area contributed by atoms with Crippen molar-refractivity contribution in [2.75, 3.05) is 6.61 Å². The molecule has 3 fully saturated rings. The van der Waals surface area contributed by atoms with E-state index in [2.05, 4.69) is 5.16 Å². The lowest BCUT2D eigenvalue weighted by molar-refractivity contribution is -0.138. The fourth-order valence-corrected chi connectivity index (χ4v) is 4.53. The number of hydrogen-bond donors (Lipinski definition) is 3. The highest BCUT2D eigenvalue weighted by molar-refractivity contribution is 5.93. The van der Waals surface area contributed by atoms with E-state index in [9.17, 15) is 15.0 Å². The van der Waals surface area contributed by atoms with Crippen molar-refractivity contribution in [2.45, 2.75) is 63.9 Å². The number of hydrogen-bond acceptors (Lipinski definition) is 5. The second-order valence-electron chi connectivity index (χ2n) is 7.74. The largest absolute Gasteiger partial charge is 0.512 e. The van der Waals surface area contributed by atoms with Gasteiger partial charge in [-0.1, -0.05) is 37.3 Å². The standard InChI is InChI=1S/C19H29NO5/c21-17(7-6-12-4-2-1-3-5-12)15-10-13-14(19(15)24)11-16(13)20-25-9-8-18(22)23/h7,12-15,19,21,24H,1-6,8-11H2,(H,22,23)/t13-,14+,15+,19?/m0/s1. The summed E-state index contributed by atoms with van der Waals surface area (Å²) in [6, 6.07) is 0. The first-order chi connectivity index (χ1) is 12.1. The topological polar surface area (TPSA) is 99.4 Å². The van der Waals surface area contributed by atoms with Gasteiger partial charge in [-0.2, -0.15) is 0 Å². The van der Waals surface area contributed by atoms with Gasteiger partial charge in [-0.3, -0.25) is 4.79 Å². The zero-order valence-corrected chi connectivity index (χ0v) is 14.6. The van der Waals surface area contributed by atoms with Gasteiger partial charge < -0.3 is 20.2 Å². The number of fused-ring (bicyclic) bond motifs is 1. The van der Waals surface area contributed by atoms with E-state index in [1.54, 1.807) is 0 Å². The van der Waals surface area contributed by atoms with Gasteiger partial charge in [0.15, 0.2) is 0 Å². The molecule has 0 saturated heterocycles. The normalized spacial score (nSPS) is 34.6. The average molecular weight is 351 g/mol. The minimum atomic E-state index is -0.906. The molecule has 0 heterocycles. The number of carbonyl (C=O) groups is 1. The van der Waals surface area contributed by atoms with Gasteiger partial charge in [-0.25, -0.2) is 0 Å². The number of oxime groups is 1. The number of carboxylic acids is 1. The molecule has 6 nitrogen and oxygen atoms in total. The first-order valence-electron chi connectivity index (χ1n) is 9.54. The van der Waals surface area contributed by atoms with Crippen LogP contribution in [0.2, 0.25) is 0 Å². The zero-order valence-electron chi connectivity index (χ0n) is 14.6. The highest BCUT2D eigenvalue weighted by Crippen LogP contribution is 2.50. The molecule has 140 valence electrons. The average Bonchev–Trinajstić information content (AvgIpc) is 2.84. The summed E-state index contributed by atoms with van der Waals surface area (Å²) in [5.74, 6) is 0.179. The summed E-state index contributed by atoms with van der Waals surface area (Å²) in [7, 11) is 0. The van der Waals surface area contributed by atoms with Crippen molar-refractivity contribution in [1.82, 2.24) is 0 Å². The number of carboxylic acid groups (broad SMARTS) is 1. The van der Waals surface area contributed by atoms with E-state index in [0.29, 0.717) is 24.5 Å². The third-order valence-electron chi connectivity index (χ3n) is 6.10. The first-order valence-corrected chi connectivity index (χ1v) is 9.54. The second-order valence-corrected chi connectivity index (χ2v) is 7.74. The Hall–Kier alpha value is -1.56. The molecule has 0 aromatic heterocycles. The van der Waals surface area contributed by atoms with Crippen LogP contribution in [0.3, 0.4) is 0 Å². The minimum Gasteiger partial charge on any atom is -0.512 e. The van der Waals surface area contributed by atoms with Crippen LogP contribution in [-0.2, 0) is 9.63 Å². The Kier molecular flexibility index (Phi) is 5.99. The molecule has 0 aromatic carbocycles. The number of aliphatic carboxylic acids is 1. The molecule has 3 saturated carbocycles. The van der Waals surface area contributed by atoms with Crippen LogP contribution in [0.4, 0.5) is 0 Å². The maximum atomic E-state index is 10.5. The van der Waals surface area contributed by atoms with Gasteiger partial charge in [-0.15, -0.1) is 0 Å². The Morgan fingerprint density at radius 3 is 2.72 bits per heavy atom. The van der Waals surface area contributed by atoms with Gasteiger partial charge in [-0.05, 0) is 37.2 Å². The number of rotatable bonds is 7. The maximum absolute atomic E-state index is 10.5. The van der Waals surface area contributed by atoms with Crippen molar-refractivity contribution in [3.63, 3.8) is 0 Å². The highest BCUT2D eigenvalue weighted by Gasteiger charge is 2.53. The van der Waals surface area contributed by atoms with Crippen LogP contribution in [0.15, 0.2) is 17.0 Å². The van der Waals surface area contributed by atoms with E-state index in [1.807, 2.05) is 6.08 Å². The number of aliphatic hydroxyl groups excluding tert-OH is 2. The molecular weight excluding hydrogens is 322 g/mol. The molecule has 3 N–H and O–H groups in total. The van der Waals surface area contributed by atoms with Crippen molar-refractivity contribution in [2.24, 2.45) is 28.8 Å². The summed E-state index contributed by atoms with van der Waals surface area (Å²) in [6.07, 6.45) is 10.00. The summed E-state index contributed by atoms with van der Waals surface area (Å²) in [6.45, 7) is 0.0642. The van der Waals surface area contributed by atoms with Crippen LogP contribution in [0.1, 0.15) is 57.8 Å². The number of allylic oxidation sites excluding steroid dienone is 1. The number of aliphatic hydroxyl groups is 2. The van der Waals surface area contributed by atoms with E-state index in [0.717, 1.165) is 12.1 Å². The molecule has 25 heavy (non-hydrogen) atoms. The Morgan fingerprint density at radius 2 is 2.00 bits per heavy atom. The van der Waals surface area contributed by atoms with E-state index >= 15 is 0 Å². The van der Waals surface area contributed by atoms with Crippen LogP contribution in [0, 0.1) is 23.7 Å². The molecule has 0 aliphatic heterocycles. The van der Waals surface area contributed by atoms with Crippen LogP contribution >= 0.6 is 0 Å². The van der Waals surface area contributed by atoms with Crippen LogP contribution in [0.25, 0.3) is 0 Å². The lowest BCUT2D eigenvalue weighted by atomic mass is 9.73. The molecule has 4 atom stereocenters. The molecule has 0 aromatic rings. The van der Waals surface area contributed by atoms with Crippen LogP contribution < -0.4 is 0 Å². The monoisotopic (exact) mass is 351 g/mol. The van der Waals surface area contributed by atoms with E-state index in [4.69, 9.17) is 9.94 Å². The Bertz CT molecular complexity index is 538. The maximum Gasteiger partial charge on any atom is 0.306 e. The minimum absolute atomic E-state index is 0.0642. The molecule has 0 radical (unpaired) electrons. The molecule has 3 aliphatic carbocycles. The predicted molar refractivity (Wildman–Crippen MR) is 93.3 cm³/mol. The number of nitrogens with zero attached hydrogens (tertiary/aromatic N) is 1. The van der Waals surface area contributed by atoms with Crippen molar-refractivity contribution < 1.29 is 25.0 Å². The quantitative estimate of drug-likeness (QED) is 0.371. The molecule has 1 unspecified atom stereocenters. The zero-order chi connectivity index (χ0) is 17.8. The van der Waals surface area contributed by atoms with E-state index in [-0.39, 0.29) is 30.8 Å². The van der Waals surface area contributed by atoms with Gasteiger partial charge in [0.05, 0.1) is 24.0 Å². The van der Waals surface area contributed by atoms with E-state index in [1.165, 1.54) is 32.1 Å². The van der Waals surface area contributed by atoms with Gasteiger partial charge in [0.1, 0.15) is 6.61 Å². The summed E-state index contributed by atoms with van der Waals surface area (Å²) in [5, 5.41) is 33.5. The fourth-order valence-electron chi connectivity index (χ4n) is 4.53. The summed E-state index contributed by atoms with van der Waals surface area (Å²) in [4.78, 5) is 15.5. The lowest BCUT2D eigenvalue weighted by Crippen LogP contribution is -2.38. The molecule has 0 amide bonds. The Labute approximate surface area is 148 Å². The second kappa shape index (κ2) is 8.21. The third-order valence-corrected chi connectivity index (χ3v) is 6.10. The van der Waals surface area contributed by atoms with Crippen LogP contribution in [0.5, 0.6) is 0 Å². The van der Waals surface area contributed by atoms with Crippen molar-refractivity contribution in [3.8, 4) is 0 Å². The smallest absolute Gasteiger partial charge is 0.306 e. The van der Waals surface area contributed by atoms with Gasteiger partial charge in [0.2, 0.25) is 0 Å². The summed E-state index contributed by atoms with van der Waals surface area (Å²) >= 11 is 0. The SMILES string of the molecule is O=C(O)CCON=C1C[C@H]2C(O)[C@@H](C(O)=CCC3CCCCC3)C[C@H]12. The van der Waals surface area contributed by atoms with E-state index < -0.39 is 12.1 Å². The lowest BCUT2D eigenvalue weighted by Gasteiger charge is -2.33. The van der Waals surface area contributed by atoms with Gasteiger partial charge >= 0.3 is 5.97 Å². The molecule has 3 aliphatic rings. The van der Waals surface area contributed by atoms with Gasteiger partial charge in [0, 0.05) is 11.8 Å². The Morgan fingerprint density at radius 1 is 1.24 bits per heavy atom. The van der Waals surface area contributed by atoms with Crippen molar-refractivity contribution in [1.29, 1.82) is 0 Å². The Balaban J connectivity index is 1.49. The van der Waals surface area contributed by atoms with Crippen molar-refractivity contribution in [3.05, 3.63) is 11.8 Å². The highest BCUT2D eigenvalue weighted by atomic mass is 16.6.